The predicted molar refractivity (Wildman–Crippen MR) is 53.1 cm³/mol. The average Bonchev–Trinajstić information content (AvgIpc) is 2.18. The van der Waals surface area contributed by atoms with Crippen molar-refractivity contribution in [3.05, 3.63) is 23.8 Å². The normalized spacial score (nSPS) is 10.1. The van der Waals surface area contributed by atoms with Crippen molar-refractivity contribution in [2.45, 2.75) is 13.3 Å². The molecule has 1 aromatic rings. The summed E-state index contributed by atoms with van der Waals surface area (Å²) in [6.07, 6.45) is 0.540. The molecule has 0 spiro atoms. The molecule has 0 unspecified atom stereocenters. The molecule has 0 aliphatic heterocycles. The highest BCUT2D eigenvalue weighted by Crippen LogP contribution is 2.27. The van der Waals surface area contributed by atoms with Crippen LogP contribution in [0, 0.1) is 0 Å². The Hall–Kier alpha value is -1.26. The quantitative estimate of drug-likeness (QED) is 0.697. The summed E-state index contributed by atoms with van der Waals surface area (Å²) in [4.78, 5) is 4.47. The molecular weight excluding hydrogens is 182 g/mol. The van der Waals surface area contributed by atoms with E-state index in [4.69, 9.17) is 10.6 Å². The molecule has 0 aliphatic rings. The second kappa shape index (κ2) is 5.47. The van der Waals surface area contributed by atoms with Crippen molar-refractivity contribution in [1.82, 2.24) is 0 Å². The van der Waals surface area contributed by atoms with E-state index < -0.39 is 0 Å². The highest BCUT2D eigenvalue weighted by Gasteiger charge is 2.07. The van der Waals surface area contributed by atoms with Gasteiger partial charge in [-0.1, -0.05) is 6.07 Å². The lowest BCUT2D eigenvalue weighted by Gasteiger charge is -2.10. The summed E-state index contributed by atoms with van der Waals surface area (Å²) < 4.78 is 5.36. The molecule has 0 fully saturated rings. The second-order valence-corrected chi connectivity index (χ2v) is 2.81. The zero-order chi connectivity index (χ0) is 10.4. The number of hydrogen-bond acceptors (Lipinski definition) is 4. The Morgan fingerprint density at radius 2 is 2.21 bits per heavy atom. The van der Waals surface area contributed by atoms with Crippen molar-refractivity contribution >= 4 is 0 Å². The van der Waals surface area contributed by atoms with Crippen molar-refractivity contribution in [2.75, 3.05) is 13.2 Å². The van der Waals surface area contributed by atoms with Gasteiger partial charge in [0, 0.05) is 12.0 Å². The maximum absolute atomic E-state index is 9.57. The molecule has 4 nitrogen and oxygen atoms in total. The van der Waals surface area contributed by atoms with E-state index in [1.165, 1.54) is 0 Å². The smallest absolute Gasteiger partial charge is 0.126 e. The van der Waals surface area contributed by atoms with Crippen LogP contribution in [-0.2, 0) is 11.3 Å². The molecule has 1 rings (SSSR count). The number of nitrogens with two attached hydrogens (primary N) is 1. The number of hydrogen-bond donors (Lipinski definition) is 2. The molecule has 0 atom stereocenters. The van der Waals surface area contributed by atoms with Crippen LogP contribution in [0.1, 0.15) is 12.5 Å². The molecular formula is C10H15NO3. The predicted octanol–water partition coefficient (Wildman–Crippen LogP) is 1.22. The largest absolute Gasteiger partial charge is 0.508 e. The fourth-order valence-corrected chi connectivity index (χ4v) is 1.26. The van der Waals surface area contributed by atoms with E-state index in [2.05, 4.69) is 4.84 Å². The van der Waals surface area contributed by atoms with Gasteiger partial charge in [-0.05, 0) is 19.1 Å². The van der Waals surface area contributed by atoms with Gasteiger partial charge in [-0.2, -0.15) is 0 Å². The van der Waals surface area contributed by atoms with Gasteiger partial charge in [-0.3, -0.25) is 0 Å². The highest BCUT2D eigenvalue weighted by atomic mass is 16.6. The minimum atomic E-state index is 0.216. The van der Waals surface area contributed by atoms with E-state index >= 15 is 0 Å². The second-order valence-electron chi connectivity index (χ2n) is 2.81. The molecule has 0 bridgehead atoms. The topological polar surface area (TPSA) is 64.7 Å². The molecule has 0 amide bonds. The van der Waals surface area contributed by atoms with Crippen molar-refractivity contribution in [1.29, 1.82) is 0 Å². The third-order valence-corrected chi connectivity index (χ3v) is 1.88. The van der Waals surface area contributed by atoms with Crippen LogP contribution in [0.5, 0.6) is 11.5 Å². The SMILES string of the molecule is CCOc1cccc(O)c1CCON. The van der Waals surface area contributed by atoms with Gasteiger partial charge in [0.25, 0.3) is 0 Å². The molecule has 78 valence electrons. The first-order chi connectivity index (χ1) is 6.79. The van der Waals surface area contributed by atoms with Crippen LogP contribution in [-0.4, -0.2) is 18.3 Å². The Balaban J connectivity index is 2.84. The van der Waals surface area contributed by atoms with Gasteiger partial charge in [0.1, 0.15) is 11.5 Å². The lowest BCUT2D eigenvalue weighted by atomic mass is 10.1. The van der Waals surface area contributed by atoms with Gasteiger partial charge >= 0.3 is 0 Å². The van der Waals surface area contributed by atoms with Gasteiger partial charge in [-0.15, -0.1) is 0 Å². The van der Waals surface area contributed by atoms with E-state index in [-0.39, 0.29) is 5.75 Å². The maximum atomic E-state index is 9.57. The summed E-state index contributed by atoms with van der Waals surface area (Å²) in [5, 5.41) is 9.57. The van der Waals surface area contributed by atoms with Crippen LogP contribution in [0.2, 0.25) is 0 Å². The van der Waals surface area contributed by atoms with Crippen LogP contribution < -0.4 is 10.6 Å². The van der Waals surface area contributed by atoms with Crippen molar-refractivity contribution in [3.63, 3.8) is 0 Å². The highest BCUT2D eigenvalue weighted by molar-refractivity contribution is 5.43. The minimum Gasteiger partial charge on any atom is -0.508 e. The average molecular weight is 197 g/mol. The van der Waals surface area contributed by atoms with E-state index in [0.29, 0.717) is 25.4 Å². The zero-order valence-electron chi connectivity index (χ0n) is 8.19. The number of phenols is 1. The molecule has 1 aromatic carbocycles. The monoisotopic (exact) mass is 197 g/mol. The minimum absolute atomic E-state index is 0.216. The number of aromatic hydroxyl groups is 1. The molecule has 0 aliphatic carbocycles. The number of ether oxygens (including phenoxy) is 1. The number of phenolic OH excluding ortho intramolecular Hbond substituents is 1. The van der Waals surface area contributed by atoms with Crippen LogP contribution in [0.15, 0.2) is 18.2 Å². The summed E-state index contributed by atoms with van der Waals surface area (Å²) in [5.74, 6) is 5.83. The van der Waals surface area contributed by atoms with E-state index in [0.717, 1.165) is 5.56 Å². The van der Waals surface area contributed by atoms with Crippen molar-refractivity contribution in [2.24, 2.45) is 5.90 Å². The Bertz CT molecular complexity index is 289. The summed E-state index contributed by atoms with van der Waals surface area (Å²) in [5.41, 5.74) is 0.736. The maximum Gasteiger partial charge on any atom is 0.126 e. The molecule has 0 saturated carbocycles. The van der Waals surface area contributed by atoms with E-state index in [1.807, 2.05) is 13.0 Å². The van der Waals surface area contributed by atoms with E-state index in [1.54, 1.807) is 12.1 Å². The van der Waals surface area contributed by atoms with Crippen molar-refractivity contribution in [3.8, 4) is 11.5 Å². The Morgan fingerprint density at radius 1 is 1.43 bits per heavy atom. The Morgan fingerprint density at radius 3 is 2.86 bits per heavy atom. The molecule has 4 heteroatoms. The number of rotatable bonds is 5. The Kier molecular flexibility index (Phi) is 4.22. The fourth-order valence-electron chi connectivity index (χ4n) is 1.26. The first-order valence-electron chi connectivity index (χ1n) is 4.55. The van der Waals surface area contributed by atoms with Crippen LogP contribution >= 0.6 is 0 Å². The summed E-state index contributed by atoms with van der Waals surface area (Å²) >= 11 is 0. The van der Waals surface area contributed by atoms with Gasteiger partial charge < -0.3 is 14.7 Å². The third kappa shape index (κ3) is 2.61. The zero-order valence-corrected chi connectivity index (χ0v) is 8.19. The Labute approximate surface area is 83.2 Å². The summed E-state index contributed by atoms with van der Waals surface area (Å²) in [7, 11) is 0. The first-order valence-corrected chi connectivity index (χ1v) is 4.55. The molecule has 0 aromatic heterocycles. The van der Waals surface area contributed by atoms with Crippen LogP contribution in [0.4, 0.5) is 0 Å². The standard InChI is InChI=1S/C10H15NO3/c1-2-13-10-5-3-4-9(12)8(10)6-7-14-11/h3-5,12H,2,6-7,11H2,1H3. The van der Waals surface area contributed by atoms with Gasteiger partial charge in [0.15, 0.2) is 0 Å². The van der Waals surface area contributed by atoms with E-state index in [9.17, 15) is 5.11 Å². The first kappa shape index (κ1) is 10.8. The van der Waals surface area contributed by atoms with Crippen LogP contribution in [0.25, 0.3) is 0 Å². The van der Waals surface area contributed by atoms with Gasteiger partial charge in [0.05, 0.1) is 13.2 Å². The fraction of sp³-hybridized carbons (Fsp3) is 0.400. The van der Waals surface area contributed by atoms with Crippen LogP contribution in [0.3, 0.4) is 0 Å². The lowest BCUT2D eigenvalue weighted by molar-refractivity contribution is 0.140. The van der Waals surface area contributed by atoms with Gasteiger partial charge in [-0.25, -0.2) is 5.90 Å². The molecule has 3 N–H and O–H groups in total. The molecule has 0 radical (unpaired) electrons. The third-order valence-electron chi connectivity index (χ3n) is 1.88. The van der Waals surface area contributed by atoms with Gasteiger partial charge in [0.2, 0.25) is 0 Å². The lowest BCUT2D eigenvalue weighted by Crippen LogP contribution is -2.05. The summed E-state index contributed by atoms with van der Waals surface area (Å²) in [6, 6.07) is 5.18. The van der Waals surface area contributed by atoms with Crippen molar-refractivity contribution < 1.29 is 14.7 Å². The molecule has 14 heavy (non-hydrogen) atoms. The molecule has 0 heterocycles. The number of benzene rings is 1. The summed E-state index contributed by atoms with van der Waals surface area (Å²) in [6.45, 7) is 2.82. The molecule has 0 saturated heterocycles.